The van der Waals surface area contributed by atoms with Crippen LogP contribution in [0.25, 0.3) is 0 Å². The molecule has 19 heavy (non-hydrogen) atoms. The Morgan fingerprint density at radius 1 is 1.47 bits per heavy atom. The Morgan fingerprint density at radius 3 is 2.74 bits per heavy atom. The number of thiophene rings is 1. The molecule has 0 amide bonds. The highest BCUT2D eigenvalue weighted by atomic mass is 32.2. The fourth-order valence-electron chi connectivity index (χ4n) is 2.13. The van der Waals surface area contributed by atoms with Crippen LogP contribution in [0.3, 0.4) is 0 Å². The number of rotatable bonds is 5. The van der Waals surface area contributed by atoms with Gasteiger partial charge in [-0.25, -0.2) is 0 Å². The zero-order chi connectivity index (χ0) is 13.9. The highest BCUT2D eigenvalue weighted by molar-refractivity contribution is 7.86. The molecule has 1 aromatic heterocycles. The number of nitrogens with zero attached hydrogens (tertiary/aromatic N) is 2. The number of hydrogen-bond acceptors (Lipinski definition) is 4. The molecule has 0 spiro atoms. The normalized spacial score (nSPS) is 19.7. The van der Waals surface area contributed by atoms with Gasteiger partial charge in [0.1, 0.15) is 0 Å². The second-order valence-electron chi connectivity index (χ2n) is 4.81. The lowest BCUT2D eigenvalue weighted by Gasteiger charge is -2.33. The van der Waals surface area contributed by atoms with Crippen LogP contribution in [-0.4, -0.2) is 56.3 Å². The van der Waals surface area contributed by atoms with Crippen molar-refractivity contribution in [3.63, 3.8) is 0 Å². The molecule has 2 heterocycles. The third-order valence-corrected chi connectivity index (χ3v) is 6.47. The van der Waals surface area contributed by atoms with Gasteiger partial charge >= 0.3 is 0 Å². The molecule has 1 aromatic rings. The van der Waals surface area contributed by atoms with Gasteiger partial charge in [-0.1, -0.05) is 6.07 Å². The number of piperazine rings is 1. The predicted molar refractivity (Wildman–Crippen MR) is 78.6 cm³/mol. The van der Waals surface area contributed by atoms with Crippen molar-refractivity contribution in [2.24, 2.45) is 0 Å². The minimum Gasteiger partial charge on any atom is -0.314 e. The van der Waals surface area contributed by atoms with E-state index in [1.165, 1.54) is 9.18 Å². The van der Waals surface area contributed by atoms with Crippen molar-refractivity contribution in [1.82, 2.24) is 13.9 Å². The number of hydrogen-bond donors (Lipinski definition) is 1. The van der Waals surface area contributed by atoms with E-state index in [1.54, 1.807) is 22.7 Å². The highest BCUT2D eigenvalue weighted by Crippen LogP contribution is 2.17. The average Bonchev–Trinajstić information content (AvgIpc) is 2.91. The Labute approximate surface area is 119 Å². The van der Waals surface area contributed by atoms with Crippen molar-refractivity contribution in [1.29, 1.82) is 0 Å². The van der Waals surface area contributed by atoms with E-state index in [0.29, 0.717) is 13.1 Å². The van der Waals surface area contributed by atoms with Crippen LogP contribution in [0.5, 0.6) is 0 Å². The summed E-state index contributed by atoms with van der Waals surface area (Å²) in [6, 6.07) is 4.02. The maximum atomic E-state index is 12.5. The molecule has 0 radical (unpaired) electrons. The molecule has 7 heteroatoms. The van der Waals surface area contributed by atoms with Crippen molar-refractivity contribution in [2.45, 2.75) is 19.4 Å². The zero-order valence-electron chi connectivity index (χ0n) is 11.4. The van der Waals surface area contributed by atoms with Crippen molar-refractivity contribution in [3.8, 4) is 0 Å². The Bertz CT molecular complexity index is 481. The minimum absolute atomic E-state index is 0.0291. The molecular weight excluding hydrogens is 282 g/mol. The largest absolute Gasteiger partial charge is 0.314 e. The van der Waals surface area contributed by atoms with Gasteiger partial charge in [-0.05, 0) is 24.8 Å². The molecule has 1 N–H and O–H groups in total. The fourth-order valence-corrected chi connectivity index (χ4v) is 4.50. The molecule has 5 nitrogen and oxygen atoms in total. The van der Waals surface area contributed by atoms with Crippen LogP contribution in [0.15, 0.2) is 17.5 Å². The summed E-state index contributed by atoms with van der Waals surface area (Å²) in [6.07, 6.45) is 0.763. The predicted octanol–water partition coefficient (Wildman–Crippen LogP) is 0.761. The van der Waals surface area contributed by atoms with E-state index in [-0.39, 0.29) is 6.04 Å². The summed E-state index contributed by atoms with van der Waals surface area (Å²) in [5, 5.41) is 5.19. The van der Waals surface area contributed by atoms with Crippen LogP contribution in [0.2, 0.25) is 0 Å². The summed E-state index contributed by atoms with van der Waals surface area (Å²) in [4.78, 5) is 1.22. The summed E-state index contributed by atoms with van der Waals surface area (Å²) < 4.78 is 28.0. The molecule has 1 fully saturated rings. The van der Waals surface area contributed by atoms with Crippen LogP contribution in [0.4, 0.5) is 0 Å². The van der Waals surface area contributed by atoms with Gasteiger partial charge < -0.3 is 5.32 Å². The Hall–Kier alpha value is -0.470. The average molecular weight is 303 g/mol. The second kappa shape index (κ2) is 6.32. The van der Waals surface area contributed by atoms with Gasteiger partial charge in [-0.15, -0.1) is 11.3 Å². The lowest BCUT2D eigenvalue weighted by Crippen LogP contribution is -2.52. The summed E-state index contributed by atoms with van der Waals surface area (Å²) in [6.45, 7) is 4.52. The van der Waals surface area contributed by atoms with Crippen LogP contribution in [0.1, 0.15) is 11.8 Å². The van der Waals surface area contributed by atoms with Gasteiger partial charge in [0.15, 0.2) is 0 Å². The molecule has 0 bridgehead atoms. The molecule has 0 aliphatic carbocycles. The van der Waals surface area contributed by atoms with Gasteiger partial charge in [-0.3, -0.25) is 0 Å². The zero-order valence-corrected chi connectivity index (χ0v) is 13.0. The van der Waals surface area contributed by atoms with E-state index in [0.717, 1.165) is 19.5 Å². The standard InChI is InChI=1S/C12H21N3O2S2/c1-11(10-12-4-3-9-18-12)14(2)19(16,17)15-7-5-13-6-8-15/h3-4,9,11,13H,5-8,10H2,1-2H3. The molecule has 1 unspecified atom stereocenters. The Kier molecular flexibility index (Phi) is 4.97. The van der Waals surface area contributed by atoms with Gasteiger partial charge in [0.25, 0.3) is 10.2 Å². The summed E-state index contributed by atoms with van der Waals surface area (Å²) in [5.74, 6) is 0. The Balaban J connectivity index is 2.02. The van der Waals surface area contributed by atoms with Gasteiger partial charge in [0.05, 0.1) is 0 Å². The highest BCUT2D eigenvalue weighted by Gasteiger charge is 2.30. The smallest absolute Gasteiger partial charge is 0.282 e. The lowest BCUT2D eigenvalue weighted by atomic mass is 10.2. The molecule has 0 aromatic carbocycles. The summed E-state index contributed by atoms with van der Waals surface area (Å²) >= 11 is 1.67. The molecule has 1 saturated heterocycles. The van der Waals surface area contributed by atoms with Crippen molar-refractivity contribution >= 4 is 21.5 Å². The molecule has 108 valence electrons. The first-order valence-electron chi connectivity index (χ1n) is 6.48. The van der Waals surface area contributed by atoms with Crippen molar-refractivity contribution in [2.75, 3.05) is 33.2 Å². The molecule has 1 atom stereocenters. The first-order valence-corrected chi connectivity index (χ1v) is 8.75. The molecule has 2 rings (SSSR count). The van der Waals surface area contributed by atoms with Crippen LogP contribution in [-0.2, 0) is 16.6 Å². The minimum atomic E-state index is -3.33. The van der Waals surface area contributed by atoms with Gasteiger partial charge in [0, 0.05) is 44.1 Å². The van der Waals surface area contributed by atoms with Crippen molar-refractivity contribution in [3.05, 3.63) is 22.4 Å². The SMILES string of the molecule is CC(Cc1cccs1)N(C)S(=O)(=O)N1CCNCC1. The number of likely N-dealkylation sites (N-methyl/N-ethyl adjacent to an activating group) is 1. The lowest BCUT2D eigenvalue weighted by molar-refractivity contribution is 0.303. The van der Waals surface area contributed by atoms with E-state index in [2.05, 4.69) is 5.32 Å². The molecule has 1 aliphatic rings. The molecule has 0 saturated carbocycles. The fraction of sp³-hybridized carbons (Fsp3) is 0.667. The number of nitrogens with one attached hydrogen (secondary N) is 1. The quantitative estimate of drug-likeness (QED) is 0.874. The Morgan fingerprint density at radius 2 is 2.16 bits per heavy atom. The van der Waals surface area contributed by atoms with E-state index in [9.17, 15) is 8.42 Å². The maximum Gasteiger partial charge on any atom is 0.282 e. The third-order valence-electron chi connectivity index (χ3n) is 3.46. The van der Waals surface area contributed by atoms with Gasteiger partial charge in [-0.2, -0.15) is 17.0 Å². The first kappa shape index (κ1) is 14.9. The molecule has 1 aliphatic heterocycles. The summed E-state index contributed by atoms with van der Waals surface area (Å²) in [7, 11) is -1.66. The van der Waals surface area contributed by atoms with Crippen LogP contribution < -0.4 is 5.32 Å². The topological polar surface area (TPSA) is 52.7 Å². The van der Waals surface area contributed by atoms with E-state index in [4.69, 9.17) is 0 Å². The van der Waals surface area contributed by atoms with E-state index < -0.39 is 10.2 Å². The first-order chi connectivity index (χ1) is 9.01. The summed E-state index contributed by atoms with van der Waals surface area (Å²) in [5.41, 5.74) is 0. The second-order valence-corrected chi connectivity index (χ2v) is 7.83. The maximum absolute atomic E-state index is 12.5. The monoisotopic (exact) mass is 303 g/mol. The molecular formula is C12H21N3O2S2. The van der Waals surface area contributed by atoms with Gasteiger partial charge in [0.2, 0.25) is 0 Å². The van der Waals surface area contributed by atoms with Crippen LogP contribution in [0, 0.1) is 0 Å². The van der Waals surface area contributed by atoms with E-state index in [1.807, 2.05) is 24.4 Å². The van der Waals surface area contributed by atoms with Crippen molar-refractivity contribution < 1.29 is 8.42 Å². The van der Waals surface area contributed by atoms with Crippen LogP contribution >= 0.6 is 11.3 Å². The van der Waals surface area contributed by atoms with E-state index >= 15 is 0 Å². The third kappa shape index (κ3) is 3.55.